The molecule has 19 heavy (non-hydrogen) atoms. The molecule has 1 aliphatic heterocycles. The molecule has 0 spiro atoms. The van der Waals surface area contributed by atoms with Gasteiger partial charge in [-0.05, 0) is 25.8 Å². The first-order valence-corrected chi connectivity index (χ1v) is 6.68. The standard InChI is InChI=1S/C15H20O4/c1-8-4-5-12(16)10(3)13(17)7-11-9(2)15(18)19-14(11)6-8/h6,9,11,13-14,17H,3-5,7H2,1-2H3. The van der Waals surface area contributed by atoms with Crippen LogP contribution in [-0.2, 0) is 14.3 Å². The summed E-state index contributed by atoms with van der Waals surface area (Å²) in [5.74, 6) is -0.690. The molecule has 1 N–H and O–H groups in total. The van der Waals surface area contributed by atoms with Crippen molar-refractivity contribution in [2.45, 2.75) is 45.3 Å². The highest BCUT2D eigenvalue weighted by Gasteiger charge is 2.42. The number of rotatable bonds is 0. The van der Waals surface area contributed by atoms with Gasteiger partial charge >= 0.3 is 5.97 Å². The molecular formula is C15H20O4. The van der Waals surface area contributed by atoms with Crippen molar-refractivity contribution in [1.29, 1.82) is 0 Å². The van der Waals surface area contributed by atoms with Crippen LogP contribution < -0.4 is 0 Å². The summed E-state index contributed by atoms with van der Waals surface area (Å²) in [5, 5.41) is 10.1. The number of fused-ring (bicyclic) bond motifs is 1. The first-order chi connectivity index (χ1) is 8.90. The van der Waals surface area contributed by atoms with Gasteiger partial charge in [-0.25, -0.2) is 0 Å². The number of hydrogen-bond donors (Lipinski definition) is 1. The molecular weight excluding hydrogens is 244 g/mol. The van der Waals surface area contributed by atoms with E-state index in [1.54, 1.807) is 6.92 Å². The molecule has 0 radical (unpaired) electrons. The second kappa shape index (κ2) is 5.29. The maximum absolute atomic E-state index is 11.8. The maximum Gasteiger partial charge on any atom is 0.309 e. The Morgan fingerprint density at radius 2 is 2.05 bits per heavy atom. The molecule has 2 aliphatic rings. The zero-order valence-electron chi connectivity index (χ0n) is 11.4. The third-order valence-electron chi connectivity index (χ3n) is 4.14. The molecule has 1 heterocycles. The second-order valence-corrected chi connectivity index (χ2v) is 5.57. The van der Waals surface area contributed by atoms with Gasteiger partial charge in [0.25, 0.3) is 0 Å². The van der Waals surface area contributed by atoms with E-state index >= 15 is 0 Å². The summed E-state index contributed by atoms with van der Waals surface area (Å²) in [6.07, 6.45) is 2.03. The largest absolute Gasteiger partial charge is 0.458 e. The zero-order chi connectivity index (χ0) is 14.2. The minimum absolute atomic E-state index is 0.0971. The van der Waals surface area contributed by atoms with Gasteiger partial charge in [-0.2, -0.15) is 0 Å². The number of Topliss-reactive ketones (excluding diaryl/α,β-unsaturated/α-hetero) is 1. The molecule has 1 aliphatic carbocycles. The van der Waals surface area contributed by atoms with E-state index in [0.717, 1.165) is 5.57 Å². The molecule has 4 heteroatoms. The number of aliphatic hydroxyl groups excluding tert-OH is 1. The average Bonchev–Trinajstić information content (AvgIpc) is 2.62. The Balaban J connectivity index is 2.30. The van der Waals surface area contributed by atoms with Crippen molar-refractivity contribution in [1.82, 2.24) is 0 Å². The fraction of sp³-hybridized carbons (Fsp3) is 0.600. The highest BCUT2D eigenvalue weighted by Crippen LogP contribution is 2.35. The van der Waals surface area contributed by atoms with E-state index in [1.165, 1.54) is 0 Å². The van der Waals surface area contributed by atoms with E-state index in [1.807, 2.05) is 13.0 Å². The number of carbonyl (C=O) groups excluding carboxylic acids is 2. The van der Waals surface area contributed by atoms with E-state index in [0.29, 0.717) is 19.3 Å². The Morgan fingerprint density at radius 1 is 1.37 bits per heavy atom. The second-order valence-electron chi connectivity index (χ2n) is 5.57. The number of hydrogen-bond acceptors (Lipinski definition) is 4. The van der Waals surface area contributed by atoms with Crippen molar-refractivity contribution in [3.05, 3.63) is 23.8 Å². The molecule has 4 atom stereocenters. The minimum atomic E-state index is -0.885. The molecule has 0 amide bonds. The molecule has 104 valence electrons. The average molecular weight is 264 g/mol. The Morgan fingerprint density at radius 3 is 2.74 bits per heavy atom. The van der Waals surface area contributed by atoms with E-state index in [-0.39, 0.29) is 35.3 Å². The lowest BCUT2D eigenvalue weighted by Crippen LogP contribution is -2.28. The zero-order valence-corrected chi connectivity index (χ0v) is 11.4. The summed E-state index contributed by atoms with van der Waals surface area (Å²) in [6, 6.07) is 0. The Bertz CT molecular complexity index is 449. The Kier molecular flexibility index (Phi) is 3.90. The van der Waals surface area contributed by atoms with Crippen LogP contribution in [0.5, 0.6) is 0 Å². The van der Waals surface area contributed by atoms with E-state index in [2.05, 4.69) is 6.58 Å². The molecule has 1 fully saturated rings. The summed E-state index contributed by atoms with van der Waals surface area (Å²) in [6.45, 7) is 7.43. The third-order valence-corrected chi connectivity index (χ3v) is 4.14. The van der Waals surface area contributed by atoms with Gasteiger partial charge in [0.2, 0.25) is 0 Å². The Hall–Kier alpha value is -1.42. The van der Waals surface area contributed by atoms with E-state index in [9.17, 15) is 14.7 Å². The Labute approximate surface area is 113 Å². The van der Waals surface area contributed by atoms with Crippen molar-refractivity contribution in [3.8, 4) is 0 Å². The lowest BCUT2D eigenvalue weighted by atomic mass is 9.82. The molecule has 0 aromatic rings. The molecule has 0 saturated carbocycles. The number of allylic oxidation sites excluding steroid dienone is 1. The van der Waals surface area contributed by atoms with Gasteiger partial charge in [0.1, 0.15) is 6.10 Å². The smallest absolute Gasteiger partial charge is 0.309 e. The third kappa shape index (κ3) is 2.78. The topological polar surface area (TPSA) is 63.6 Å². The number of esters is 1. The summed E-state index contributed by atoms with van der Waals surface area (Å²) in [5.41, 5.74) is 1.29. The predicted octanol–water partition coefficient (Wildman–Crippen LogP) is 1.78. The minimum Gasteiger partial charge on any atom is -0.458 e. The number of aliphatic hydroxyl groups is 1. The molecule has 0 aromatic heterocycles. The van der Waals surface area contributed by atoms with Crippen LogP contribution in [0.25, 0.3) is 0 Å². The van der Waals surface area contributed by atoms with Crippen molar-refractivity contribution in [3.63, 3.8) is 0 Å². The van der Waals surface area contributed by atoms with Gasteiger partial charge < -0.3 is 9.84 Å². The number of ketones is 1. The van der Waals surface area contributed by atoms with Crippen molar-refractivity contribution < 1.29 is 19.4 Å². The predicted molar refractivity (Wildman–Crippen MR) is 70.3 cm³/mol. The van der Waals surface area contributed by atoms with E-state index < -0.39 is 6.10 Å². The highest BCUT2D eigenvalue weighted by molar-refractivity contribution is 5.95. The molecule has 2 rings (SSSR count). The summed E-state index contributed by atoms with van der Waals surface area (Å²) >= 11 is 0. The first-order valence-electron chi connectivity index (χ1n) is 6.68. The molecule has 4 nitrogen and oxygen atoms in total. The van der Waals surface area contributed by atoms with Gasteiger partial charge in [-0.1, -0.05) is 19.1 Å². The first kappa shape index (κ1) is 14.0. The van der Waals surface area contributed by atoms with Crippen molar-refractivity contribution in [2.24, 2.45) is 11.8 Å². The fourth-order valence-electron chi connectivity index (χ4n) is 2.70. The van der Waals surface area contributed by atoms with Crippen LogP contribution in [0.4, 0.5) is 0 Å². The summed E-state index contributed by atoms with van der Waals surface area (Å²) < 4.78 is 5.35. The number of carbonyl (C=O) groups is 2. The monoisotopic (exact) mass is 264 g/mol. The van der Waals surface area contributed by atoms with Crippen LogP contribution in [0.2, 0.25) is 0 Å². The lowest BCUT2D eigenvalue weighted by Gasteiger charge is -2.23. The van der Waals surface area contributed by atoms with Crippen molar-refractivity contribution in [2.75, 3.05) is 0 Å². The molecule has 0 bridgehead atoms. The van der Waals surface area contributed by atoms with Crippen LogP contribution in [0.3, 0.4) is 0 Å². The van der Waals surface area contributed by atoms with Crippen LogP contribution in [-0.4, -0.2) is 29.1 Å². The fourth-order valence-corrected chi connectivity index (χ4v) is 2.70. The quantitative estimate of drug-likeness (QED) is 0.411. The van der Waals surface area contributed by atoms with Gasteiger partial charge in [-0.15, -0.1) is 0 Å². The molecule has 0 aromatic carbocycles. The number of ether oxygens (including phenoxy) is 1. The van der Waals surface area contributed by atoms with Crippen molar-refractivity contribution >= 4 is 11.8 Å². The van der Waals surface area contributed by atoms with E-state index in [4.69, 9.17) is 4.74 Å². The lowest BCUT2D eigenvalue weighted by molar-refractivity contribution is -0.142. The van der Waals surface area contributed by atoms with Gasteiger partial charge in [0.05, 0.1) is 12.0 Å². The van der Waals surface area contributed by atoms with Gasteiger partial charge in [-0.3, -0.25) is 9.59 Å². The summed E-state index contributed by atoms with van der Waals surface area (Å²) in [4.78, 5) is 23.5. The molecule has 4 unspecified atom stereocenters. The highest BCUT2D eigenvalue weighted by atomic mass is 16.6. The SMILES string of the molecule is C=C1C(=O)CCC(C)=CC2OC(=O)C(C)C2CC1O. The normalized spacial score (nSPS) is 36.6. The van der Waals surface area contributed by atoms with Crippen LogP contribution in [0, 0.1) is 11.8 Å². The van der Waals surface area contributed by atoms with Crippen LogP contribution in [0.1, 0.15) is 33.1 Å². The van der Waals surface area contributed by atoms with Gasteiger partial charge in [0.15, 0.2) is 5.78 Å². The molecule has 1 saturated heterocycles. The summed E-state index contributed by atoms with van der Waals surface area (Å²) in [7, 11) is 0. The van der Waals surface area contributed by atoms with Crippen LogP contribution in [0.15, 0.2) is 23.8 Å². The van der Waals surface area contributed by atoms with Crippen LogP contribution >= 0.6 is 0 Å². The maximum atomic E-state index is 11.8. The van der Waals surface area contributed by atoms with Gasteiger partial charge in [0, 0.05) is 17.9 Å².